The van der Waals surface area contributed by atoms with Gasteiger partial charge in [0, 0.05) is 0 Å². The van der Waals surface area contributed by atoms with E-state index in [4.69, 9.17) is 17.0 Å². The number of fused-ring (bicyclic) bond motifs is 2. The molecule has 40 heavy (non-hydrogen) atoms. The summed E-state index contributed by atoms with van der Waals surface area (Å²) in [5.41, 5.74) is 8.66. The maximum absolute atomic E-state index is 5.62. The molecule has 0 nitrogen and oxygen atoms in total. The molecule has 0 aliphatic heterocycles. The fourth-order valence-electron chi connectivity index (χ4n) is 6.76. The van der Waals surface area contributed by atoms with Crippen LogP contribution in [0, 0.1) is 27.7 Å². The molecular formula is C36H48Cl2SiZr-2. The molecule has 0 N–H and O–H groups in total. The van der Waals surface area contributed by atoms with Crippen LogP contribution in [0.15, 0.2) is 48.5 Å². The Morgan fingerprint density at radius 3 is 1.30 bits per heavy atom. The Balaban J connectivity index is 0.000000155. The summed E-state index contributed by atoms with van der Waals surface area (Å²) in [5.74, 6) is 1.63. The van der Waals surface area contributed by atoms with Crippen LogP contribution in [0.25, 0.3) is 21.5 Å². The first-order chi connectivity index (χ1) is 19.2. The van der Waals surface area contributed by atoms with Crippen LogP contribution in [0.1, 0.15) is 109 Å². The number of halogens is 2. The molecule has 2 fully saturated rings. The molecule has 0 saturated heterocycles. The summed E-state index contributed by atoms with van der Waals surface area (Å²) >= 11 is -1.65. The van der Waals surface area contributed by atoms with Gasteiger partial charge in [-0.15, -0.1) is 68.1 Å². The summed E-state index contributed by atoms with van der Waals surface area (Å²) in [6.07, 6.45) is 14.1. The summed E-state index contributed by atoms with van der Waals surface area (Å²) in [5, 5.41) is 6.00. The Morgan fingerprint density at radius 2 is 0.975 bits per heavy atom. The zero-order valence-corrected chi connectivity index (χ0v) is 30.6. The Bertz CT molecular complexity index is 1330. The second kappa shape index (κ2) is 15.2. The van der Waals surface area contributed by atoms with Crippen molar-refractivity contribution in [2.24, 2.45) is 0 Å². The first-order valence-electron chi connectivity index (χ1n) is 15.5. The number of hydrogen-bond acceptors (Lipinski definition) is 0. The van der Waals surface area contributed by atoms with Gasteiger partial charge in [0.05, 0.1) is 0 Å². The van der Waals surface area contributed by atoms with Gasteiger partial charge in [-0.2, -0.15) is 12.1 Å². The van der Waals surface area contributed by atoms with E-state index in [-0.39, 0.29) is 5.43 Å². The third-order valence-electron chi connectivity index (χ3n) is 9.03. The fourth-order valence-corrected chi connectivity index (χ4v) is 6.76. The molecule has 0 heterocycles. The van der Waals surface area contributed by atoms with Gasteiger partial charge in [0.25, 0.3) is 0 Å². The molecule has 216 valence electrons. The first-order valence-corrected chi connectivity index (χ1v) is 28.0. The molecule has 2 aliphatic rings. The molecule has 0 radical (unpaired) electrons. The average Bonchev–Trinajstić information content (AvgIpc) is 3.54. The summed E-state index contributed by atoms with van der Waals surface area (Å²) in [4.78, 5) is 0. The maximum atomic E-state index is 5.62. The van der Waals surface area contributed by atoms with E-state index < -0.39 is 18.0 Å². The largest absolute Gasteiger partial charge is 0.165 e. The molecule has 6 rings (SSSR count). The predicted molar refractivity (Wildman–Crippen MR) is 179 cm³/mol. The molecule has 0 spiro atoms. The first kappa shape index (κ1) is 32.3. The molecule has 0 unspecified atom stereocenters. The van der Waals surface area contributed by atoms with E-state index in [9.17, 15) is 0 Å². The predicted octanol–water partition coefficient (Wildman–Crippen LogP) is 12.6. The molecular weight excluding hydrogens is 623 g/mol. The Labute approximate surface area is 258 Å². The molecule has 0 bridgehead atoms. The van der Waals surface area contributed by atoms with Crippen LogP contribution in [0.2, 0.25) is 13.1 Å². The molecule has 0 aromatic heterocycles. The Kier molecular flexibility index (Phi) is 12.2. The molecule has 0 atom stereocenters. The second-order valence-corrected chi connectivity index (χ2v) is 35.6. The summed E-state index contributed by atoms with van der Waals surface area (Å²) < 4.78 is 0. The van der Waals surface area contributed by atoms with E-state index in [0.29, 0.717) is 0 Å². The van der Waals surface area contributed by atoms with Gasteiger partial charge in [-0.3, -0.25) is 0 Å². The van der Waals surface area contributed by atoms with Crippen molar-refractivity contribution in [2.75, 3.05) is 0 Å². The fraction of sp³-hybridized carbons (Fsp3) is 0.500. The van der Waals surface area contributed by atoms with Crippen molar-refractivity contribution in [1.82, 2.24) is 0 Å². The topological polar surface area (TPSA) is 0 Å². The van der Waals surface area contributed by atoms with E-state index >= 15 is 0 Å². The van der Waals surface area contributed by atoms with Gasteiger partial charge in [-0.1, -0.05) is 89.5 Å². The van der Waals surface area contributed by atoms with E-state index in [2.05, 4.69) is 89.3 Å². The van der Waals surface area contributed by atoms with E-state index in [1.807, 2.05) is 0 Å². The van der Waals surface area contributed by atoms with Crippen LogP contribution in [-0.2, 0) is 18.0 Å². The summed E-state index contributed by atoms with van der Waals surface area (Å²) in [6.45, 7) is 13.2. The normalized spacial score (nSPS) is 16.3. The smallest absolute Gasteiger partial charge is 0.0251 e. The van der Waals surface area contributed by atoms with Gasteiger partial charge in [0.2, 0.25) is 0 Å². The van der Waals surface area contributed by atoms with Gasteiger partial charge in [0.1, 0.15) is 0 Å². The minimum absolute atomic E-state index is 0.224. The third kappa shape index (κ3) is 8.24. The van der Waals surface area contributed by atoms with E-state index in [1.165, 1.54) is 108 Å². The van der Waals surface area contributed by atoms with Crippen molar-refractivity contribution < 1.29 is 18.0 Å². The van der Waals surface area contributed by atoms with Crippen LogP contribution >= 0.6 is 17.0 Å². The van der Waals surface area contributed by atoms with Gasteiger partial charge < -0.3 is 0 Å². The molecule has 2 saturated carbocycles. The molecule has 4 aromatic carbocycles. The van der Waals surface area contributed by atoms with Crippen LogP contribution in [0.5, 0.6) is 0 Å². The van der Waals surface area contributed by atoms with Crippen molar-refractivity contribution in [3.63, 3.8) is 0 Å². The summed E-state index contributed by atoms with van der Waals surface area (Å²) in [6, 6.07) is 18.8. The monoisotopic (exact) mass is 668 g/mol. The van der Waals surface area contributed by atoms with Gasteiger partial charge in [-0.25, -0.2) is 0 Å². The van der Waals surface area contributed by atoms with Gasteiger partial charge in [-0.05, 0) is 37.5 Å². The summed E-state index contributed by atoms with van der Waals surface area (Å²) in [7, 11) is 11.2. The van der Waals surface area contributed by atoms with Crippen molar-refractivity contribution in [1.29, 1.82) is 0 Å². The second-order valence-electron chi connectivity index (χ2n) is 12.6. The number of aryl methyl sites for hydroxylation is 4. The van der Waals surface area contributed by atoms with Gasteiger partial charge in [0.15, 0.2) is 0 Å². The van der Waals surface area contributed by atoms with E-state index in [1.54, 1.807) is 11.1 Å². The quantitative estimate of drug-likeness (QED) is 0.147. The Hall–Kier alpha value is -0.660. The van der Waals surface area contributed by atoms with Crippen LogP contribution < -0.4 is 0 Å². The minimum atomic E-state index is -1.65. The van der Waals surface area contributed by atoms with Crippen LogP contribution in [-0.4, -0.2) is 5.43 Å². The zero-order chi connectivity index (χ0) is 28.8. The third-order valence-corrected chi connectivity index (χ3v) is 28.8. The van der Waals surface area contributed by atoms with E-state index in [0.717, 1.165) is 11.8 Å². The minimum Gasteiger partial charge on any atom is -0.165 e. The zero-order valence-electron chi connectivity index (χ0n) is 25.6. The Morgan fingerprint density at radius 1 is 0.625 bits per heavy atom. The van der Waals surface area contributed by atoms with Crippen LogP contribution in [0.4, 0.5) is 0 Å². The van der Waals surface area contributed by atoms with Crippen molar-refractivity contribution in [2.45, 2.75) is 117 Å². The van der Waals surface area contributed by atoms with Gasteiger partial charge >= 0.3 is 53.5 Å². The SMILES string of the molecule is C[Si](C)=[Zr]([Cl])[Cl].Cc1cc2c(C3CCCCC3)ccc(C)c2[cH-]1.Cc1cc2c(C3CCCCC3)ccc(C)c2[cH-]1. The van der Waals surface area contributed by atoms with Crippen molar-refractivity contribution in [3.05, 3.63) is 81.9 Å². The number of hydrogen-bond donors (Lipinski definition) is 0. The average molecular weight is 671 g/mol. The van der Waals surface area contributed by atoms with Crippen molar-refractivity contribution >= 4 is 44.0 Å². The molecule has 4 aromatic rings. The molecule has 0 amide bonds. The molecule has 4 heteroatoms. The molecule has 2 aliphatic carbocycles. The standard InChI is InChI=1S/2C17H21.C2H6Si.2ClH.Zr/c2*1-12-10-16-13(2)8-9-15(17(16)11-12)14-6-4-3-5-7-14;1-3-2;;;/h2*8-11,14H,3-7H2,1-2H3;1-2H3;2*1H;/q2*-1;;;;+2/p-2. The van der Waals surface area contributed by atoms with Crippen LogP contribution in [0.3, 0.4) is 0 Å². The maximum Gasteiger partial charge on any atom is -0.0251 e. The number of rotatable bonds is 2. The van der Waals surface area contributed by atoms with Crippen molar-refractivity contribution in [3.8, 4) is 0 Å². The number of benzene rings is 2.